The highest BCUT2D eigenvalue weighted by molar-refractivity contribution is 5.80. The molecular formula is C19H24N2O2. The molecule has 1 unspecified atom stereocenters. The molecule has 0 spiro atoms. The van der Waals surface area contributed by atoms with Crippen LogP contribution in [0.4, 0.5) is 5.69 Å². The molecule has 0 heterocycles. The van der Waals surface area contributed by atoms with Crippen molar-refractivity contribution in [2.75, 3.05) is 26.0 Å². The predicted molar refractivity (Wildman–Crippen MR) is 93.9 cm³/mol. The Morgan fingerprint density at radius 1 is 1.13 bits per heavy atom. The maximum absolute atomic E-state index is 12.3. The molecule has 0 aliphatic rings. The first kappa shape index (κ1) is 16.9. The lowest BCUT2D eigenvalue weighted by molar-refractivity contribution is -0.129. The number of methoxy groups -OCH3 is 1. The van der Waals surface area contributed by atoms with E-state index in [1.807, 2.05) is 68.6 Å². The Hall–Kier alpha value is -2.49. The number of hydrogen-bond donors (Lipinski definition) is 1. The van der Waals surface area contributed by atoms with Crippen LogP contribution < -0.4 is 10.1 Å². The van der Waals surface area contributed by atoms with Gasteiger partial charge in [0, 0.05) is 18.8 Å². The van der Waals surface area contributed by atoms with E-state index < -0.39 is 0 Å². The molecule has 1 amide bonds. The first-order valence-corrected chi connectivity index (χ1v) is 7.78. The lowest BCUT2D eigenvalue weighted by Gasteiger charge is -2.26. The van der Waals surface area contributed by atoms with Crippen LogP contribution >= 0.6 is 0 Å². The summed E-state index contributed by atoms with van der Waals surface area (Å²) in [5, 5.41) is 3.15. The summed E-state index contributed by atoms with van der Waals surface area (Å²) < 4.78 is 5.38. The number of nitrogens with one attached hydrogen (secondary N) is 1. The van der Waals surface area contributed by atoms with E-state index in [0.717, 1.165) is 23.4 Å². The zero-order valence-electron chi connectivity index (χ0n) is 14.0. The topological polar surface area (TPSA) is 41.6 Å². The van der Waals surface area contributed by atoms with Crippen molar-refractivity contribution in [3.8, 4) is 5.75 Å². The average Bonchev–Trinajstić information content (AvgIpc) is 2.60. The highest BCUT2D eigenvalue weighted by Crippen LogP contribution is 2.20. The van der Waals surface area contributed by atoms with E-state index in [2.05, 4.69) is 5.32 Å². The molecule has 0 saturated carbocycles. The second-order valence-electron chi connectivity index (χ2n) is 5.59. The number of nitrogens with zero attached hydrogens (tertiary/aromatic N) is 1. The number of ether oxygens (including phenoxy) is 1. The lowest BCUT2D eigenvalue weighted by Crippen LogP contribution is -2.39. The first-order valence-electron chi connectivity index (χ1n) is 7.78. The summed E-state index contributed by atoms with van der Waals surface area (Å²) in [6.07, 6.45) is 0.761. The van der Waals surface area contributed by atoms with E-state index in [1.54, 1.807) is 12.0 Å². The smallest absolute Gasteiger partial charge is 0.241 e. The quantitative estimate of drug-likeness (QED) is 0.853. The number of rotatable bonds is 7. The Labute approximate surface area is 138 Å². The number of hydrogen-bond acceptors (Lipinski definition) is 3. The Morgan fingerprint density at radius 3 is 2.48 bits per heavy atom. The number of amides is 1. The number of anilines is 1. The van der Waals surface area contributed by atoms with Gasteiger partial charge in [0.2, 0.25) is 5.91 Å². The van der Waals surface area contributed by atoms with E-state index in [1.165, 1.54) is 0 Å². The standard InChI is InChI=1S/C19H24N2O2/c1-15(13-16-9-7-8-12-18(16)23-3)21(2)19(22)14-20-17-10-5-4-6-11-17/h4-12,15,20H,13-14H2,1-3H3. The fourth-order valence-corrected chi connectivity index (χ4v) is 2.43. The van der Waals surface area contributed by atoms with Crippen molar-refractivity contribution >= 4 is 11.6 Å². The molecular weight excluding hydrogens is 288 g/mol. The number of likely N-dealkylation sites (N-methyl/N-ethyl adjacent to an activating group) is 1. The van der Waals surface area contributed by atoms with Gasteiger partial charge in [0.15, 0.2) is 0 Å². The number of carbonyl (C=O) groups excluding carboxylic acids is 1. The van der Waals surface area contributed by atoms with Crippen LogP contribution in [0.2, 0.25) is 0 Å². The van der Waals surface area contributed by atoms with E-state index in [-0.39, 0.29) is 18.5 Å². The van der Waals surface area contributed by atoms with E-state index in [4.69, 9.17) is 4.74 Å². The van der Waals surface area contributed by atoms with Crippen molar-refractivity contribution in [2.45, 2.75) is 19.4 Å². The van der Waals surface area contributed by atoms with Gasteiger partial charge in [0.05, 0.1) is 13.7 Å². The molecule has 1 atom stereocenters. The Bertz CT molecular complexity index is 628. The van der Waals surface area contributed by atoms with Crippen LogP contribution in [0.15, 0.2) is 54.6 Å². The van der Waals surface area contributed by atoms with Gasteiger partial charge in [-0.3, -0.25) is 4.79 Å². The summed E-state index contributed by atoms with van der Waals surface area (Å²) in [7, 11) is 3.51. The number of carbonyl (C=O) groups is 1. The van der Waals surface area contributed by atoms with Crippen molar-refractivity contribution in [3.05, 3.63) is 60.2 Å². The van der Waals surface area contributed by atoms with Crippen LogP contribution in [0.25, 0.3) is 0 Å². The highest BCUT2D eigenvalue weighted by Gasteiger charge is 2.17. The third-order valence-corrected chi connectivity index (χ3v) is 3.98. The summed E-state index contributed by atoms with van der Waals surface area (Å²) in [6.45, 7) is 2.34. The maximum Gasteiger partial charge on any atom is 0.241 e. The van der Waals surface area contributed by atoms with E-state index in [9.17, 15) is 4.79 Å². The second-order valence-corrected chi connectivity index (χ2v) is 5.59. The van der Waals surface area contributed by atoms with Gasteiger partial charge in [-0.25, -0.2) is 0 Å². The zero-order chi connectivity index (χ0) is 16.7. The molecule has 0 aromatic heterocycles. The van der Waals surface area contributed by atoms with Gasteiger partial charge in [-0.15, -0.1) is 0 Å². The van der Waals surface area contributed by atoms with Crippen molar-refractivity contribution < 1.29 is 9.53 Å². The summed E-state index contributed by atoms with van der Waals surface area (Å²) in [4.78, 5) is 14.1. The van der Waals surface area contributed by atoms with Crippen molar-refractivity contribution in [2.24, 2.45) is 0 Å². The molecule has 0 radical (unpaired) electrons. The SMILES string of the molecule is COc1ccccc1CC(C)N(C)C(=O)CNc1ccccc1. The van der Waals surface area contributed by atoms with Crippen LogP contribution in [0.1, 0.15) is 12.5 Å². The summed E-state index contributed by atoms with van der Waals surface area (Å²) in [5.74, 6) is 0.930. The van der Waals surface area contributed by atoms with Gasteiger partial charge in [-0.05, 0) is 37.1 Å². The molecule has 122 valence electrons. The van der Waals surface area contributed by atoms with Crippen molar-refractivity contribution in [1.82, 2.24) is 4.90 Å². The molecule has 2 aromatic carbocycles. The van der Waals surface area contributed by atoms with Crippen LogP contribution in [0.5, 0.6) is 5.75 Å². The zero-order valence-corrected chi connectivity index (χ0v) is 14.0. The van der Waals surface area contributed by atoms with E-state index in [0.29, 0.717) is 0 Å². The molecule has 4 heteroatoms. The third-order valence-electron chi connectivity index (χ3n) is 3.98. The highest BCUT2D eigenvalue weighted by atomic mass is 16.5. The monoisotopic (exact) mass is 312 g/mol. The molecule has 2 rings (SSSR count). The van der Waals surface area contributed by atoms with Crippen LogP contribution in [0, 0.1) is 0 Å². The minimum Gasteiger partial charge on any atom is -0.496 e. The van der Waals surface area contributed by atoms with Crippen LogP contribution in [-0.4, -0.2) is 37.6 Å². The molecule has 0 fully saturated rings. The summed E-state index contributed by atoms with van der Waals surface area (Å²) in [6, 6.07) is 17.8. The normalized spacial score (nSPS) is 11.6. The lowest BCUT2D eigenvalue weighted by atomic mass is 10.1. The van der Waals surface area contributed by atoms with Gasteiger partial charge >= 0.3 is 0 Å². The minimum absolute atomic E-state index is 0.0660. The molecule has 0 saturated heterocycles. The minimum atomic E-state index is 0.0660. The Kier molecular flexibility index (Phi) is 6.03. The van der Waals surface area contributed by atoms with E-state index >= 15 is 0 Å². The number of para-hydroxylation sites is 2. The average molecular weight is 312 g/mol. The van der Waals surface area contributed by atoms with Gasteiger partial charge in [0.25, 0.3) is 0 Å². The van der Waals surface area contributed by atoms with Gasteiger partial charge in [-0.2, -0.15) is 0 Å². The number of benzene rings is 2. The first-order chi connectivity index (χ1) is 11.1. The van der Waals surface area contributed by atoms with Crippen molar-refractivity contribution in [3.63, 3.8) is 0 Å². The molecule has 0 aliphatic carbocycles. The second kappa shape index (κ2) is 8.22. The van der Waals surface area contributed by atoms with Crippen LogP contribution in [-0.2, 0) is 11.2 Å². The largest absolute Gasteiger partial charge is 0.496 e. The van der Waals surface area contributed by atoms with Gasteiger partial charge in [0.1, 0.15) is 5.75 Å². The fraction of sp³-hybridized carbons (Fsp3) is 0.316. The Morgan fingerprint density at radius 2 is 1.78 bits per heavy atom. The maximum atomic E-state index is 12.3. The molecule has 2 aromatic rings. The molecule has 0 bridgehead atoms. The van der Waals surface area contributed by atoms with Crippen molar-refractivity contribution in [1.29, 1.82) is 0 Å². The summed E-state index contributed by atoms with van der Waals surface area (Å²) >= 11 is 0. The van der Waals surface area contributed by atoms with Crippen LogP contribution in [0.3, 0.4) is 0 Å². The van der Waals surface area contributed by atoms with Gasteiger partial charge < -0.3 is 15.0 Å². The molecule has 4 nitrogen and oxygen atoms in total. The molecule has 1 N–H and O–H groups in total. The molecule has 23 heavy (non-hydrogen) atoms. The Balaban J connectivity index is 1.90. The summed E-state index contributed by atoms with van der Waals surface area (Å²) in [5.41, 5.74) is 2.06. The predicted octanol–water partition coefficient (Wildman–Crippen LogP) is 3.20. The fourth-order valence-electron chi connectivity index (χ4n) is 2.43. The molecule has 0 aliphatic heterocycles. The van der Waals surface area contributed by atoms with Gasteiger partial charge in [-0.1, -0.05) is 36.4 Å². The third kappa shape index (κ3) is 4.74.